The second kappa shape index (κ2) is 27.7. The SMILES string of the molecule is CC(C)N1C/C(=C\c2cccnc2)C(=O)/C(=C/c2ccccn2)C1.CC(C)N1C/C(=C\c2cccnc2Br)C(=O)/C(=C/c2cccnc2Br)C1.Cc1ccc(/C=C2\CN(C(C)C)C/C(=C\c3ccc(C(F)(F)F)nc3)C2=O)cn1. The first-order valence-corrected chi connectivity index (χ1v) is 27.4. The molecule has 0 unspecified atom stereocenters. The standard InChI is InChI=1S/C22H22F3N3O.C20H19Br2N3O.C20H21N3O/c1-14(2)28-12-18(8-16-5-4-15(3)26-10-16)21(29)19(13-28)9-17-6-7-20(27-11-17)22(23,24)25;1-13(2)25-11-16(9-14-5-3-7-23-19(14)21)18(26)17(12-25)10-15-6-4-8-24-20(15)22;1-15(2)23-13-17(10-16-6-5-8-21-12-16)20(24)18(14-23)11-19-7-3-4-9-22-19/h4-11,14H,12-13H2,1-3H3;3-10,13H,11-12H2,1-2H3;3-12,15H,13-14H2,1-2H3/b18-8+,19-9+;16-9+,17-10+;17-10+,18-11+. The predicted octanol–water partition coefficient (Wildman–Crippen LogP) is 12.6. The number of hydrogen-bond acceptors (Lipinski definition) is 12. The molecule has 9 heterocycles. The fourth-order valence-electron chi connectivity index (χ4n) is 8.61. The summed E-state index contributed by atoms with van der Waals surface area (Å²) in [6.07, 6.45) is 18.2. The van der Waals surface area contributed by atoms with Crippen molar-refractivity contribution in [3.8, 4) is 0 Å². The van der Waals surface area contributed by atoms with E-state index in [0.29, 0.717) is 68.1 Å². The largest absolute Gasteiger partial charge is 0.433 e. The minimum Gasteiger partial charge on any atom is -0.292 e. The molecule has 0 atom stereocenters. The molecule has 3 fully saturated rings. The Hall–Kier alpha value is -7.02. The average molecular weight is 1200 g/mol. The van der Waals surface area contributed by atoms with Crippen LogP contribution in [0.2, 0.25) is 0 Å². The first-order chi connectivity index (χ1) is 37.7. The number of Topliss-reactive ketones (excluding diaryl/α,β-unsaturated/α-hetero) is 3. The third-order valence-corrected chi connectivity index (χ3v) is 14.5. The van der Waals surface area contributed by atoms with E-state index in [0.717, 1.165) is 77.4 Å². The number of aryl methyl sites for hydroxylation is 1. The Morgan fingerprint density at radius 3 is 1.24 bits per heavy atom. The molecule has 17 heteroatoms. The first kappa shape index (κ1) is 59.6. The number of aromatic nitrogens is 6. The maximum absolute atomic E-state index is 13.1. The summed E-state index contributed by atoms with van der Waals surface area (Å²) in [5.74, 6) is 0.0668. The molecule has 0 aliphatic carbocycles. The van der Waals surface area contributed by atoms with E-state index in [2.05, 4.69) is 104 Å². The number of halogens is 5. The Bertz CT molecular complexity index is 3170. The minimum atomic E-state index is -4.49. The number of pyridine rings is 6. The Balaban J connectivity index is 0.000000172. The van der Waals surface area contributed by atoms with Gasteiger partial charge in [0, 0.05) is 151 Å². The molecule has 6 aromatic rings. The van der Waals surface area contributed by atoms with Crippen molar-refractivity contribution in [3.05, 3.63) is 210 Å². The monoisotopic (exact) mass is 1200 g/mol. The molecule has 0 radical (unpaired) electrons. The maximum Gasteiger partial charge on any atom is 0.433 e. The lowest BCUT2D eigenvalue weighted by molar-refractivity contribution is -0.141. The van der Waals surface area contributed by atoms with Gasteiger partial charge < -0.3 is 0 Å². The van der Waals surface area contributed by atoms with Crippen LogP contribution in [0.15, 0.2) is 165 Å². The van der Waals surface area contributed by atoms with Crippen LogP contribution in [0.5, 0.6) is 0 Å². The van der Waals surface area contributed by atoms with Gasteiger partial charge in [-0.25, -0.2) is 9.97 Å². The van der Waals surface area contributed by atoms with Crippen molar-refractivity contribution in [1.29, 1.82) is 0 Å². The van der Waals surface area contributed by atoms with Crippen LogP contribution < -0.4 is 0 Å². The molecule has 0 bridgehead atoms. The third kappa shape index (κ3) is 17.0. The maximum atomic E-state index is 13.1. The molecule has 3 aliphatic rings. The van der Waals surface area contributed by atoms with Gasteiger partial charge in [0.2, 0.25) is 0 Å². The van der Waals surface area contributed by atoms with Crippen LogP contribution >= 0.6 is 31.9 Å². The molecule has 0 amide bonds. The summed E-state index contributed by atoms with van der Waals surface area (Å²) in [6.45, 7) is 18.1. The number of carbonyl (C=O) groups is 3. The van der Waals surface area contributed by atoms with Crippen molar-refractivity contribution in [2.75, 3.05) is 39.3 Å². The number of rotatable bonds is 9. The van der Waals surface area contributed by atoms with Gasteiger partial charge in [0.1, 0.15) is 14.9 Å². The Labute approximate surface area is 477 Å². The number of carbonyl (C=O) groups excluding carboxylic acids is 3. The molecular formula is C62H62Br2F3N9O3. The molecule has 0 saturated carbocycles. The molecule has 12 nitrogen and oxygen atoms in total. The second-order valence-electron chi connectivity index (χ2n) is 20.0. The van der Waals surface area contributed by atoms with Gasteiger partial charge in [0.15, 0.2) is 17.3 Å². The van der Waals surface area contributed by atoms with Gasteiger partial charge in [0.25, 0.3) is 0 Å². The molecule has 0 aromatic carbocycles. The molecular weight excluding hydrogens is 1140 g/mol. The molecule has 9 rings (SSSR count). The van der Waals surface area contributed by atoms with Crippen molar-refractivity contribution < 1.29 is 27.6 Å². The highest BCUT2D eigenvalue weighted by atomic mass is 79.9. The zero-order chi connectivity index (χ0) is 56.8. The topological polar surface area (TPSA) is 138 Å². The lowest BCUT2D eigenvalue weighted by Gasteiger charge is -2.32. The highest BCUT2D eigenvalue weighted by molar-refractivity contribution is 9.10. The summed E-state index contributed by atoms with van der Waals surface area (Å²) in [5, 5.41) is 0. The average Bonchev–Trinajstić information content (AvgIpc) is 3.44. The van der Waals surface area contributed by atoms with Crippen molar-refractivity contribution in [2.24, 2.45) is 0 Å². The van der Waals surface area contributed by atoms with Crippen LogP contribution in [-0.2, 0) is 20.6 Å². The fraction of sp³-hybridized carbons (Fsp3) is 0.274. The van der Waals surface area contributed by atoms with Gasteiger partial charge in [0.05, 0.1) is 5.69 Å². The normalized spacial score (nSPS) is 19.0. The number of alkyl halides is 3. The van der Waals surface area contributed by atoms with Crippen LogP contribution in [-0.4, -0.2) is 119 Å². The van der Waals surface area contributed by atoms with E-state index >= 15 is 0 Å². The summed E-state index contributed by atoms with van der Waals surface area (Å²) in [7, 11) is 0. The highest BCUT2D eigenvalue weighted by Gasteiger charge is 2.33. The van der Waals surface area contributed by atoms with Gasteiger partial charge >= 0.3 is 6.18 Å². The van der Waals surface area contributed by atoms with Crippen LogP contribution in [0, 0.1) is 6.92 Å². The molecule has 3 saturated heterocycles. The van der Waals surface area contributed by atoms with E-state index < -0.39 is 11.9 Å². The van der Waals surface area contributed by atoms with E-state index in [1.165, 1.54) is 6.07 Å². The van der Waals surface area contributed by atoms with Crippen molar-refractivity contribution in [1.82, 2.24) is 44.6 Å². The Kier molecular flexibility index (Phi) is 20.9. The van der Waals surface area contributed by atoms with Crippen LogP contribution in [0.25, 0.3) is 36.5 Å². The summed E-state index contributed by atoms with van der Waals surface area (Å²) >= 11 is 6.91. The summed E-state index contributed by atoms with van der Waals surface area (Å²) in [6, 6.07) is 24.1. The van der Waals surface area contributed by atoms with Crippen LogP contribution in [0.1, 0.15) is 86.4 Å². The van der Waals surface area contributed by atoms with E-state index in [-0.39, 0.29) is 23.4 Å². The number of nitrogens with zero attached hydrogens (tertiary/aromatic N) is 9. The smallest absolute Gasteiger partial charge is 0.292 e. The number of hydrogen-bond donors (Lipinski definition) is 0. The Morgan fingerprint density at radius 2 is 0.873 bits per heavy atom. The van der Waals surface area contributed by atoms with E-state index in [4.69, 9.17) is 0 Å². The molecule has 408 valence electrons. The highest BCUT2D eigenvalue weighted by Crippen LogP contribution is 2.30. The Morgan fingerprint density at radius 1 is 0.456 bits per heavy atom. The van der Waals surface area contributed by atoms with E-state index in [9.17, 15) is 27.6 Å². The number of ketones is 3. The minimum absolute atomic E-state index is 0.0772. The fourth-order valence-corrected chi connectivity index (χ4v) is 9.34. The van der Waals surface area contributed by atoms with Gasteiger partial charge in [-0.2, -0.15) is 13.2 Å². The van der Waals surface area contributed by atoms with Gasteiger partial charge in [-0.1, -0.05) is 36.4 Å². The molecule has 79 heavy (non-hydrogen) atoms. The molecule has 0 N–H and O–H groups in total. The van der Waals surface area contributed by atoms with Crippen molar-refractivity contribution >= 4 is 85.7 Å². The van der Waals surface area contributed by atoms with Gasteiger partial charge in [-0.05, 0) is 176 Å². The van der Waals surface area contributed by atoms with Crippen LogP contribution in [0.3, 0.4) is 0 Å². The lowest BCUT2D eigenvalue weighted by Crippen LogP contribution is -2.41. The van der Waals surface area contributed by atoms with Gasteiger partial charge in [-0.15, -0.1) is 0 Å². The van der Waals surface area contributed by atoms with Crippen LogP contribution in [0.4, 0.5) is 13.2 Å². The number of likely N-dealkylation sites (tertiary alicyclic amines) is 3. The summed E-state index contributed by atoms with van der Waals surface area (Å²) < 4.78 is 39.6. The first-order valence-electron chi connectivity index (χ1n) is 25.8. The summed E-state index contributed by atoms with van der Waals surface area (Å²) in [4.78, 5) is 70.3. The third-order valence-electron chi connectivity index (χ3n) is 13.1. The summed E-state index contributed by atoms with van der Waals surface area (Å²) in [5.41, 5.74) is 9.07. The van der Waals surface area contributed by atoms with Gasteiger partial charge in [-0.3, -0.25) is 49.0 Å². The second-order valence-corrected chi connectivity index (χ2v) is 21.5. The van der Waals surface area contributed by atoms with E-state index in [1.807, 2.05) is 118 Å². The zero-order valence-electron chi connectivity index (χ0n) is 45.1. The number of piperidine rings is 3. The lowest BCUT2D eigenvalue weighted by atomic mass is 9.94. The quantitative estimate of drug-likeness (QED) is 0.101. The van der Waals surface area contributed by atoms with E-state index in [1.54, 1.807) is 43.3 Å². The molecule has 6 aromatic heterocycles. The molecule has 0 spiro atoms. The predicted molar refractivity (Wildman–Crippen MR) is 314 cm³/mol. The zero-order valence-corrected chi connectivity index (χ0v) is 48.3. The van der Waals surface area contributed by atoms with Crippen molar-refractivity contribution in [3.63, 3.8) is 0 Å². The molecule has 3 aliphatic heterocycles. The van der Waals surface area contributed by atoms with Crippen molar-refractivity contribution in [2.45, 2.75) is 72.8 Å².